The molecule has 0 saturated carbocycles. The molecule has 1 saturated heterocycles. The van der Waals surface area contributed by atoms with Gasteiger partial charge < -0.3 is 14.4 Å². The molecule has 1 atom stereocenters. The summed E-state index contributed by atoms with van der Waals surface area (Å²) in [6.45, 7) is 3.08. The van der Waals surface area contributed by atoms with E-state index in [0.29, 0.717) is 37.3 Å². The molecule has 2 aromatic rings. The monoisotopic (exact) mass is 349 g/mol. The lowest BCUT2D eigenvalue weighted by Crippen LogP contribution is -2.46. The topological polar surface area (TPSA) is 109 Å². The molecule has 0 N–H and O–H groups in total. The maximum absolute atomic E-state index is 12.3. The average Bonchev–Trinajstić information content (AvgIpc) is 2.99. The average molecular weight is 349 g/mol. The molecule has 1 aliphatic rings. The highest BCUT2D eigenvalue weighted by molar-refractivity contribution is 5.83. The summed E-state index contributed by atoms with van der Waals surface area (Å²) >= 11 is 0. The molecule has 3 rings (SSSR count). The van der Waals surface area contributed by atoms with Gasteiger partial charge >= 0.3 is 5.97 Å². The van der Waals surface area contributed by atoms with Crippen LogP contribution in [0.2, 0.25) is 0 Å². The summed E-state index contributed by atoms with van der Waals surface area (Å²) in [5.74, 6) is -0.953. The predicted octanol–water partition coefficient (Wildman–Crippen LogP) is -1.08. The van der Waals surface area contributed by atoms with Crippen molar-refractivity contribution in [1.29, 1.82) is 0 Å². The Balaban J connectivity index is 1.65. The molecular weight excluding hydrogens is 330 g/mol. The second-order valence-corrected chi connectivity index (χ2v) is 5.75. The van der Waals surface area contributed by atoms with Crippen LogP contribution in [0.3, 0.4) is 0 Å². The van der Waals surface area contributed by atoms with Gasteiger partial charge in [0.05, 0.1) is 19.4 Å². The first-order chi connectivity index (χ1) is 12.0. The van der Waals surface area contributed by atoms with E-state index in [4.69, 9.17) is 9.47 Å². The summed E-state index contributed by atoms with van der Waals surface area (Å²) in [5.41, 5.74) is 0.0488. The highest BCUT2D eigenvalue weighted by atomic mass is 16.5. The van der Waals surface area contributed by atoms with Gasteiger partial charge in [-0.2, -0.15) is 5.10 Å². The molecular formula is C15H19N5O5. The number of aryl methyl sites for hydroxylation is 1. The number of amides is 1. The van der Waals surface area contributed by atoms with E-state index in [1.54, 1.807) is 11.9 Å². The summed E-state index contributed by atoms with van der Waals surface area (Å²) in [4.78, 5) is 42.3. The number of hydrogen-bond donors (Lipinski definition) is 0. The Kier molecular flexibility index (Phi) is 4.79. The first-order valence-electron chi connectivity index (χ1n) is 7.90. The van der Waals surface area contributed by atoms with Gasteiger partial charge in [0.1, 0.15) is 18.3 Å². The zero-order valence-electron chi connectivity index (χ0n) is 14.0. The van der Waals surface area contributed by atoms with Crippen molar-refractivity contribution in [3.63, 3.8) is 0 Å². The minimum absolute atomic E-state index is 0.273. The highest BCUT2D eigenvalue weighted by Crippen LogP contribution is 2.06. The minimum atomic E-state index is -0.920. The Morgan fingerprint density at radius 2 is 2.08 bits per heavy atom. The number of carbonyl (C=O) groups is 2. The van der Waals surface area contributed by atoms with E-state index in [0.717, 1.165) is 4.57 Å². The maximum Gasteiger partial charge on any atom is 0.326 e. The maximum atomic E-state index is 12.3. The van der Waals surface area contributed by atoms with Crippen LogP contribution in [0.5, 0.6) is 0 Å². The van der Waals surface area contributed by atoms with Crippen LogP contribution in [-0.4, -0.2) is 68.5 Å². The predicted molar refractivity (Wildman–Crippen MR) is 85.7 cm³/mol. The smallest absolute Gasteiger partial charge is 0.326 e. The number of carbonyl (C=O) groups excluding carboxylic acids is 2. The van der Waals surface area contributed by atoms with E-state index in [2.05, 4.69) is 10.1 Å². The van der Waals surface area contributed by atoms with Crippen molar-refractivity contribution in [3.8, 4) is 0 Å². The quantitative estimate of drug-likeness (QED) is 0.646. The van der Waals surface area contributed by atoms with Crippen LogP contribution in [0, 0.1) is 0 Å². The molecule has 25 heavy (non-hydrogen) atoms. The van der Waals surface area contributed by atoms with Crippen molar-refractivity contribution < 1.29 is 19.1 Å². The summed E-state index contributed by atoms with van der Waals surface area (Å²) in [7, 11) is 1.67. The molecule has 2 aromatic heterocycles. The van der Waals surface area contributed by atoms with Crippen LogP contribution in [0.15, 0.2) is 17.3 Å². The lowest BCUT2D eigenvalue weighted by molar-refractivity contribution is -0.161. The highest BCUT2D eigenvalue weighted by Gasteiger charge is 2.25. The lowest BCUT2D eigenvalue weighted by atomic mass is 10.3. The molecule has 1 aliphatic heterocycles. The lowest BCUT2D eigenvalue weighted by Gasteiger charge is -2.28. The number of ether oxygens (including phenoxy) is 2. The molecule has 10 heteroatoms. The SMILES string of the molecule is CC(OC(=O)Cn1cnc2c(cnn2C)c1=O)C(=O)N1CCOCC1. The molecule has 134 valence electrons. The van der Waals surface area contributed by atoms with Crippen LogP contribution in [0.1, 0.15) is 6.92 Å². The third-order valence-corrected chi connectivity index (χ3v) is 4.00. The van der Waals surface area contributed by atoms with E-state index >= 15 is 0 Å². The third kappa shape index (κ3) is 3.53. The number of hydrogen-bond acceptors (Lipinski definition) is 7. The first-order valence-corrected chi connectivity index (χ1v) is 7.90. The molecule has 0 aromatic carbocycles. The van der Waals surface area contributed by atoms with Crippen molar-refractivity contribution in [2.45, 2.75) is 19.6 Å². The fourth-order valence-corrected chi connectivity index (χ4v) is 2.64. The molecule has 0 radical (unpaired) electrons. The minimum Gasteiger partial charge on any atom is -0.451 e. The van der Waals surface area contributed by atoms with E-state index in [1.807, 2.05) is 0 Å². The van der Waals surface area contributed by atoms with Gasteiger partial charge in [-0.15, -0.1) is 0 Å². The van der Waals surface area contributed by atoms with Crippen molar-refractivity contribution >= 4 is 22.9 Å². The van der Waals surface area contributed by atoms with Gasteiger partial charge in [-0.1, -0.05) is 0 Å². The summed E-state index contributed by atoms with van der Waals surface area (Å²) in [6.07, 6.45) is 1.75. The molecule has 0 aliphatic carbocycles. The number of nitrogens with zero attached hydrogens (tertiary/aromatic N) is 5. The summed E-state index contributed by atoms with van der Waals surface area (Å²) in [5, 5.41) is 4.28. The molecule has 1 amide bonds. The Hall–Kier alpha value is -2.75. The zero-order chi connectivity index (χ0) is 18.0. The largest absolute Gasteiger partial charge is 0.451 e. The molecule has 0 bridgehead atoms. The van der Waals surface area contributed by atoms with Crippen LogP contribution < -0.4 is 5.56 Å². The molecule has 1 fully saturated rings. The Bertz CT molecular complexity index is 852. The van der Waals surface area contributed by atoms with Crippen LogP contribution in [0.25, 0.3) is 11.0 Å². The molecule has 1 unspecified atom stereocenters. The van der Waals surface area contributed by atoms with Gasteiger partial charge in [-0.05, 0) is 6.92 Å². The fourth-order valence-electron chi connectivity index (χ4n) is 2.64. The molecule has 3 heterocycles. The van der Waals surface area contributed by atoms with Gasteiger partial charge in [-0.25, -0.2) is 4.98 Å². The van der Waals surface area contributed by atoms with Gasteiger partial charge in [0, 0.05) is 20.1 Å². The van der Waals surface area contributed by atoms with E-state index in [9.17, 15) is 14.4 Å². The van der Waals surface area contributed by atoms with Gasteiger partial charge in [0.25, 0.3) is 11.5 Å². The molecule has 10 nitrogen and oxygen atoms in total. The second-order valence-electron chi connectivity index (χ2n) is 5.75. The number of aromatic nitrogens is 4. The molecule has 0 spiro atoms. The number of fused-ring (bicyclic) bond motifs is 1. The first kappa shape index (κ1) is 17.1. The van der Waals surface area contributed by atoms with E-state index < -0.39 is 12.1 Å². The standard InChI is InChI=1S/C15H19N5O5/c1-10(14(22)19-3-5-24-6-4-19)25-12(21)8-20-9-16-13-11(15(20)23)7-17-18(13)2/h7,9-10H,3-6,8H2,1-2H3. The fraction of sp³-hybridized carbons (Fsp3) is 0.533. The van der Waals surface area contributed by atoms with Crippen LogP contribution in [0.4, 0.5) is 0 Å². The number of morpholine rings is 1. The Morgan fingerprint density at radius 1 is 1.36 bits per heavy atom. The van der Waals surface area contributed by atoms with Crippen LogP contribution >= 0.6 is 0 Å². The van der Waals surface area contributed by atoms with Crippen LogP contribution in [-0.2, 0) is 32.7 Å². The van der Waals surface area contributed by atoms with Gasteiger partial charge in [0.15, 0.2) is 11.8 Å². The number of rotatable bonds is 4. The van der Waals surface area contributed by atoms with Crippen molar-refractivity contribution in [2.24, 2.45) is 7.05 Å². The van der Waals surface area contributed by atoms with Crippen molar-refractivity contribution in [2.75, 3.05) is 26.3 Å². The van der Waals surface area contributed by atoms with Crippen molar-refractivity contribution in [3.05, 3.63) is 22.9 Å². The van der Waals surface area contributed by atoms with Gasteiger partial charge in [0.2, 0.25) is 0 Å². The van der Waals surface area contributed by atoms with E-state index in [1.165, 1.54) is 24.1 Å². The third-order valence-electron chi connectivity index (χ3n) is 4.00. The summed E-state index contributed by atoms with van der Waals surface area (Å²) < 4.78 is 13.0. The second kappa shape index (κ2) is 7.01. The summed E-state index contributed by atoms with van der Waals surface area (Å²) in [6, 6.07) is 0. The number of esters is 1. The van der Waals surface area contributed by atoms with Gasteiger partial charge in [-0.3, -0.25) is 23.6 Å². The Morgan fingerprint density at radius 3 is 2.80 bits per heavy atom. The van der Waals surface area contributed by atoms with Crippen molar-refractivity contribution in [1.82, 2.24) is 24.2 Å². The zero-order valence-corrected chi connectivity index (χ0v) is 14.0. The normalized spacial score (nSPS) is 16.0. The van der Waals surface area contributed by atoms with E-state index in [-0.39, 0.29) is 18.0 Å². The Labute approximate surface area is 142 Å².